The van der Waals surface area contributed by atoms with Gasteiger partial charge in [-0.2, -0.15) is 17.5 Å². The summed E-state index contributed by atoms with van der Waals surface area (Å²) in [6, 6.07) is 21.6. The summed E-state index contributed by atoms with van der Waals surface area (Å²) in [7, 11) is 0. The first-order chi connectivity index (χ1) is 55.8. The van der Waals surface area contributed by atoms with E-state index in [4.69, 9.17) is 17.5 Å². The number of rotatable bonds is 61. The summed E-state index contributed by atoms with van der Waals surface area (Å²) in [5.74, 6) is 0. The van der Waals surface area contributed by atoms with Gasteiger partial charge in [-0.1, -0.05) is 421 Å². The first-order valence-corrected chi connectivity index (χ1v) is 52.1. The molecule has 0 saturated carbocycles. The van der Waals surface area contributed by atoms with Crippen molar-refractivity contribution in [3.05, 3.63) is 103 Å². The minimum absolute atomic E-state index is 0.0318. The first kappa shape index (κ1) is 89.2. The monoisotopic (exact) mass is 1620 g/mol. The lowest BCUT2D eigenvalue weighted by molar-refractivity contribution is 0.393. The average molecular weight is 1620 g/mol. The van der Waals surface area contributed by atoms with Gasteiger partial charge in [-0.15, -0.1) is 22.7 Å². The molecule has 0 radical (unpaired) electrons. The van der Waals surface area contributed by atoms with E-state index in [1.165, 1.54) is 500 Å². The standard InChI is InChI=1S/C106H158N4S4/c1-11-15-19-23-27-31-35-39-43-47-51-55-59-63-67-105(68-64-60-56-52-48-44-40-36-32-28-24-20-16-12-2)88-74-82-89(73-81(88)95-90(105)71-79(5)97-99(95)109-113-107-97)106(69-65-61-57-53-49-45-41-37-33-29-25-21-17-13-3,70-66-62-58-54-50-46-42-38-34-30-26-22-18-14-4)91-77-85(98-100(96(82)91)110-114-108-98)94-78-93-102(112-94)84-76-86-83(75-87(84)104(93,9)10)101-92(103(86,7)8)72-80(6)111-101/h71-78H,11-70H2,1-10H3. The Bertz CT molecular complexity index is 4150. The van der Waals surface area contributed by atoms with Gasteiger partial charge in [0.05, 0.1) is 23.5 Å². The van der Waals surface area contributed by atoms with E-state index in [-0.39, 0.29) is 21.7 Å². The van der Waals surface area contributed by atoms with Gasteiger partial charge < -0.3 is 0 Å². The molecule has 0 aliphatic heterocycles. The Kier molecular flexibility index (Phi) is 35.2. The zero-order valence-electron chi connectivity index (χ0n) is 74.5. The third kappa shape index (κ3) is 21.4. The van der Waals surface area contributed by atoms with E-state index >= 15 is 0 Å². The topological polar surface area (TPSA) is 51.6 Å². The zero-order valence-corrected chi connectivity index (χ0v) is 77.7. The van der Waals surface area contributed by atoms with E-state index in [1.54, 1.807) is 22.3 Å². The Morgan fingerprint density at radius 3 is 0.842 bits per heavy atom. The van der Waals surface area contributed by atoms with Crippen LogP contribution in [0.5, 0.6) is 0 Å². The van der Waals surface area contributed by atoms with Crippen molar-refractivity contribution in [1.82, 2.24) is 17.5 Å². The van der Waals surface area contributed by atoms with Crippen LogP contribution >= 0.6 is 46.1 Å². The lowest BCUT2D eigenvalue weighted by Crippen LogP contribution is -2.27. The van der Waals surface area contributed by atoms with E-state index in [0.29, 0.717) is 0 Å². The van der Waals surface area contributed by atoms with Gasteiger partial charge in [0.2, 0.25) is 0 Å². The van der Waals surface area contributed by atoms with Crippen LogP contribution in [-0.2, 0) is 21.7 Å². The molecule has 8 heteroatoms. The van der Waals surface area contributed by atoms with Crippen LogP contribution in [0, 0.1) is 13.8 Å². The van der Waals surface area contributed by atoms with Crippen molar-refractivity contribution in [3.63, 3.8) is 0 Å². The van der Waals surface area contributed by atoms with Crippen molar-refractivity contribution in [2.45, 2.75) is 476 Å². The summed E-state index contributed by atoms with van der Waals surface area (Å²) < 4.78 is 21.8. The minimum Gasteiger partial charge on any atom is -0.173 e. The number of unbranched alkanes of at least 4 members (excludes halogenated alkanes) is 52. The molecule has 12 rings (SSSR count). The Balaban J connectivity index is 0.902. The van der Waals surface area contributed by atoms with E-state index in [9.17, 15) is 0 Å². The highest BCUT2D eigenvalue weighted by molar-refractivity contribution is 7.19. The second kappa shape index (κ2) is 45.0. The molecular formula is C106H158N4S4. The number of nitrogens with zero attached hydrogens (tertiary/aromatic N) is 4. The van der Waals surface area contributed by atoms with E-state index in [0.717, 1.165) is 16.6 Å². The molecule has 0 unspecified atom stereocenters. The fourth-order valence-electron chi connectivity index (χ4n) is 22.1. The number of thiophene rings is 2. The molecule has 0 N–H and O–H groups in total. The molecule has 4 aromatic carbocycles. The summed E-state index contributed by atoms with van der Waals surface area (Å²) in [5.41, 5.74) is 27.9. The summed E-state index contributed by atoms with van der Waals surface area (Å²) in [4.78, 5) is 5.75. The van der Waals surface area contributed by atoms with E-state index in [1.807, 2.05) is 11.3 Å². The molecule has 626 valence electrons. The molecule has 4 aliphatic carbocycles. The molecule has 4 nitrogen and oxygen atoms in total. The predicted octanol–water partition coefficient (Wildman–Crippen LogP) is 36.7. The van der Waals surface area contributed by atoms with E-state index < -0.39 is 0 Å². The van der Waals surface area contributed by atoms with Crippen molar-refractivity contribution < 1.29 is 0 Å². The van der Waals surface area contributed by atoms with Crippen LogP contribution in [0.2, 0.25) is 0 Å². The summed E-state index contributed by atoms with van der Waals surface area (Å²) in [5, 5.41) is 0. The number of hydrogen-bond acceptors (Lipinski definition) is 8. The quantitative estimate of drug-likeness (QED) is 0.0357. The molecule has 0 spiro atoms. The van der Waals surface area contributed by atoms with Gasteiger partial charge in [-0.3, -0.25) is 0 Å². The molecule has 4 heterocycles. The van der Waals surface area contributed by atoms with Crippen molar-refractivity contribution in [3.8, 4) is 53.6 Å². The third-order valence-electron chi connectivity index (χ3n) is 29.0. The van der Waals surface area contributed by atoms with Crippen LogP contribution in [0.1, 0.15) is 496 Å². The molecule has 8 aromatic rings. The number of aryl methyl sites for hydroxylation is 2. The number of hydrogen-bond donors (Lipinski definition) is 0. The predicted molar refractivity (Wildman–Crippen MR) is 506 cm³/mol. The average Bonchev–Trinajstić information content (AvgIpc) is 1.52. The largest absolute Gasteiger partial charge is 0.173 e. The highest BCUT2D eigenvalue weighted by atomic mass is 32.1. The summed E-state index contributed by atoms with van der Waals surface area (Å²) in [6.07, 6.45) is 82.3. The maximum Gasteiger partial charge on any atom is 0.114 e. The van der Waals surface area contributed by atoms with Crippen LogP contribution in [0.3, 0.4) is 0 Å². The fourth-order valence-corrected chi connectivity index (χ4v) is 25.8. The van der Waals surface area contributed by atoms with Gasteiger partial charge >= 0.3 is 0 Å². The van der Waals surface area contributed by atoms with Gasteiger partial charge in [0.15, 0.2) is 0 Å². The second-order valence-corrected chi connectivity index (χ2v) is 41.9. The second-order valence-electron chi connectivity index (χ2n) is 38.5. The van der Waals surface area contributed by atoms with Crippen molar-refractivity contribution in [2.24, 2.45) is 0 Å². The highest BCUT2D eigenvalue weighted by Gasteiger charge is 2.51. The van der Waals surface area contributed by atoms with Crippen molar-refractivity contribution >= 4 is 68.2 Å². The summed E-state index contributed by atoms with van der Waals surface area (Å²) in [6.45, 7) is 24.0. The molecule has 114 heavy (non-hydrogen) atoms. The normalized spacial score (nSPS) is 14.9. The SMILES string of the molecule is CCCCCCCCCCCCCCCCC1(CCCCCCCCCCCCCCCC)c2cc3c(cc2-c2c1cc(C)c1nsnc21)C(CCCCCCCCCCCCCCCC)(CCCCCCCCCCCCCCCC)c1cc(-c2cc4c(s2)-c2cc5c(cc2C4(C)C)-c2sc(C)cc2C5(C)C)c2nsnc2c1-3. The lowest BCUT2D eigenvalue weighted by Gasteiger charge is -2.35. The Morgan fingerprint density at radius 2 is 0.500 bits per heavy atom. The van der Waals surface area contributed by atoms with E-state index in [2.05, 4.69) is 129 Å². The molecule has 0 bridgehead atoms. The van der Waals surface area contributed by atoms with Crippen LogP contribution in [-0.4, -0.2) is 17.5 Å². The zero-order chi connectivity index (χ0) is 79.6. The van der Waals surface area contributed by atoms with Crippen LogP contribution in [0.25, 0.3) is 75.6 Å². The maximum absolute atomic E-state index is 5.66. The van der Waals surface area contributed by atoms with Crippen LogP contribution < -0.4 is 0 Å². The molecule has 0 saturated heterocycles. The third-order valence-corrected chi connectivity index (χ3v) is 32.4. The molecule has 4 aliphatic rings. The molecule has 0 atom stereocenters. The van der Waals surface area contributed by atoms with Crippen LogP contribution in [0.4, 0.5) is 0 Å². The van der Waals surface area contributed by atoms with Crippen molar-refractivity contribution in [2.75, 3.05) is 0 Å². The number of fused-ring (bicyclic) bond motifs is 16. The Labute approximate surface area is 713 Å². The smallest absolute Gasteiger partial charge is 0.114 e. The molecule has 4 aromatic heterocycles. The molecular weight excluding hydrogens is 1460 g/mol. The van der Waals surface area contributed by atoms with Gasteiger partial charge in [0.25, 0.3) is 0 Å². The van der Waals surface area contributed by atoms with Gasteiger partial charge in [0, 0.05) is 57.9 Å². The van der Waals surface area contributed by atoms with Crippen molar-refractivity contribution in [1.29, 1.82) is 0 Å². The summed E-state index contributed by atoms with van der Waals surface area (Å²) >= 11 is 6.98. The number of aromatic nitrogens is 4. The minimum atomic E-state index is -0.171. The van der Waals surface area contributed by atoms with Crippen LogP contribution in [0.15, 0.2) is 48.5 Å². The molecule has 0 amide bonds. The Hall–Kier alpha value is -4.08. The lowest BCUT2D eigenvalue weighted by atomic mass is 9.68. The highest BCUT2D eigenvalue weighted by Crippen LogP contribution is 2.65. The molecule has 0 fully saturated rings. The Morgan fingerprint density at radius 1 is 0.237 bits per heavy atom. The maximum atomic E-state index is 5.66. The van der Waals surface area contributed by atoms with Gasteiger partial charge in [-0.25, -0.2) is 0 Å². The van der Waals surface area contributed by atoms with Gasteiger partial charge in [-0.05, 0) is 154 Å². The van der Waals surface area contributed by atoms with Gasteiger partial charge in [0.1, 0.15) is 22.1 Å². The first-order valence-electron chi connectivity index (χ1n) is 49.1. The number of benzene rings is 4. The fraction of sp³-hybridized carbons (Fsp3) is 0.698.